The summed E-state index contributed by atoms with van der Waals surface area (Å²) < 4.78 is 2.07. The number of hydrogen-bond donors (Lipinski definition) is 1. The smallest absolute Gasteiger partial charge is 0.353 e. The summed E-state index contributed by atoms with van der Waals surface area (Å²) in [4.78, 5) is 6.70. The van der Waals surface area contributed by atoms with Gasteiger partial charge in [0.1, 0.15) is 12.7 Å². The highest BCUT2D eigenvalue weighted by molar-refractivity contribution is 8.93. The number of hydrogen-bond acceptors (Lipinski definition) is 3. The van der Waals surface area contributed by atoms with Crippen LogP contribution < -0.4 is 9.47 Å². The van der Waals surface area contributed by atoms with E-state index < -0.39 is 5.72 Å². The maximum absolute atomic E-state index is 11.9. The molecule has 2 heterocycles. The molecular formula is C24H31BrN3O+. The van der Waals surface area contributed by atoms with E-state index in [0.717, 1.165) is 35.2 Å². The molecule has 1 aliphatic heterocycles. The summed E-state index contributed by atoms with van der Waals surface area (Å²) in [5.74, 6) is 0.853. The van der Waals surface area contributed by atoms with E-state index in [0.29, 0.717) is 6.54 Å². The van der Waals surface area contributed by atoms with E-state index in [1.165, 1.54) is 32.1 Å². The molecule has 0 saturated carbocycles. The Labute approximate surface area is 184 Å². The normalized spacial score (nSPS) is 17.9. The van der Waals surface area contributed by atoms with Gasteiger partial charge in [0.15, 0.2) is 0 Å². The number of benzene rings is 2. The maximum Gasteiger partial charge on any atom is 0.396 e. The highest BCUT2D eigenvalue weighted by Gasteiger charge is 2.51. The van der Waals surface area contributed by atoms with Crippen molar-refractivity contribution in [3.8, 4) is 0 Å². The summed E-state index contributed by atoms with van der Waals surface area (Å²) in [6.07, 6.45) is 11.2. The van der Waals surface area contributed by atoms with Gasteiger partial charge in [-0.3, -0.25) is 0 Å². The van der Waals surface area contributed by atoms with Gasteiger partial charge in [0.25, 0.3) is 0 Å². The van der Waals surface area contributed by atoms with Gasteiger partial charge in [0.05, 0.1) is 12.7 Å². The second-order valence-electron chi connectivity index (χ2n) is 7.81. The molecule has 0 saturated heterocycles. The fourth-order valence-electron chi connectivity index (χ4n) is 4.37. The van der Waals surface area contributed by atoms with Crippen LogP contribution in [0, 0.1) is 0 Å². The Balaban J connectivity index is 0.00000240. The molecule has 1 aliphatic rings. The summed E-state index contributed by atoms with van der Waals surface area (Å²) in [7, 11) is 0. The molecule has 1 atom stereocenters. The summed E-state index contributed by atoms with van der Waals surface area (Å²) in [6, 6.07) is 16.4. The number of nitrogens with zero attached hydrogens (tertiary/aromatic N) is 3. The van der Waals surface area contributed by atoms with Crippen molar-refractivity contribution in [1.29, 1.82) is 0 Å². The van der Waals surface area contributed by atoms with Gasteiger partial charge in [0.2, 0.25) is 5.72 Å². The zero-order valence-electron chi connectivity index (χ0n) is 17.1. The standard InChI is InChI=1S/C24H30N3O.BrH/c1-2-3-4-5-6-9-18-27-23-25-16-11-17-26(23)19-24(27,28)22-15-10-13-20-12-7-8-14-21(20)22;/h7-8,10-17,28H,2-6,9,18-19H2,1H3;1H/q+1;/t24-;/m1./s1. The molecule has 4 rings (SSSR count). The minimum atomic E-state index is -1.08. The third kappa shape index (κ3) is 4.31. The van der Waals surface area contributed by atoms with Gasteiger partial charge in [-0.25, -0.2) is 9.47 Å². The van der Waals surface area contributed by atoms with Gasteiger partial charge in [0, 0.05) is 11.6 Å². The van der Waals surface area contributed by atoms with Crippen LogP contribution in [0.15, 0.2) is 60.9 Å². The number of unbranched alkanes of at least 4 members (excludes halogenated alkanes) is 5. The Morgan fingerprint density at radius 3 is 2.62 bits per heavy atom. The first-order chi connectivity index (χ1) is 13.7. The first-order valence-electron chi connectivity index (χ1n) is 10.6. The summed E-state index contributed by atoms with van der Waals surface area (Å²) >= 11 is 0. The third-order valence-electron chi connectivity index (χ3n) is 5.83. The topological polar surface area (TPSA) is 40.2 Å². The Kier molecular flexibility index (Phi) is 7.25. The van der Waals surface area contributed by atoms with E-state index in [9.17, 15) is 5.11 Å². The van der Waals surface area contributed by atoms with Crippen LogP contribution in [-0.2, 0) is 12.3 Å². The second-order valence-corrected chi connectivity index (χ2v) is 7.81. The van der Waals surface area contributed by atoms with Crippen molar-refractivity contribution in [3.63, 3.8) is 0 Å². The number of fused-ring (bicyclic) bond motifs is 2. The molecule has 0 bridgehead atoms. The van der Waals surface area contributed by atoms with Crippen molar-refractivity contribution in [2.24, 2.45) is 0 Å². The summed E-state index contributed by atoms with van der Waals surface area (Å²) in [5.41, 5.74) is -0.117. The number of rotatable bonds is 8. The van der Waals surface area contributed by atoms with Crippen LogP contribution in [0.5, 0.6) is 0 Å². The maximum atomic E-state index is 11.9. The van der Waals surface area contributed by atoms with Gasteiger partial charge in [-0.2, -0.15) is 0 Å². The van der Waals surface area contributed by atoms with Gasteiger partial charge >= 0.3 is 5.95 Å². The van der Waals surface area contributed by atoms with Crippen LogP contribution in [0.4, 0.5) is 5.95 Å². The fourth-order valence-corrected chi connectivity index (χ4v) is 4.37. The number of aromatic nitrogens is 2. The Bertz CT molecular complexity index is 943. The molecule has 154 valence electrons. The van der Waals surface area contributed by atoms with Crippen molar-refractivity contribution in [1.82, 2.24) is 4.98 Å². The lowest BCUT2D eigenvalue weighted by Gasteiger charge is -2.29. The van der Waals surface area contributed by atoms with Gasteiger partial charge in [-0.05, 0) is 17.2 Å². The van der Waals surface area contributed by atoms with E-state index in [4.69, 9.17) is 0 Å². The molecule has 29 heavy (non-hydrogen) atoms. The molecule has 0 fully saturated rings. The fraction of sp³-hybridized carbons (Fsp3) is 0.417. The quantitative estimate of drug-likeness (QED) is 0.377. The molecule has 0 spiro atoms. The molecule has 0 amide bonds. The zero-order chi connectivity index (χ0) is 19.4. The molecule has 0 aliphatic carbocycles. The third-order valence-corrected chi connectivity index (χ3v) is 5.83. The van der Waals surface area contributed by atoms with Crippen LogP contribution in [0.1, 0.15) is 51.0 Å². The molecule has 0 radical (unpaired) electrons. The average molecular weight is 457 g/mol. The van der Waals surface area contributed by atoms with Gasteiger partial charge < -0.3 is 5.11 Å². The highest BCUT2D eigenvalue weighted by Crippen LogP contribution is 2.37. The first-order valence-corrected chi connectivity index (χ1v) is 10.6. The van der Waals surface area contributed by atoms with Crippen LogP contribution in [0.25, 0.3) is 10.8 Å². The van der Waals surface area contributed by atoms with Crippen molar-refractivity contribution >= 4 is 33.7 Å². The van der Waals surface area contributed by atoms with Crippen molar-refractivity contribution < 1.29 is 9.67 Å². The lowest BCUT2D eigenvalue weighted by molar-refractivity contribution is -0.685. The van der Waals surface area contributed by atoms with E-state index in [-0.39, 0.29) is 17.0 Å². The van der Waals surface area contributed by atoms with Crippen molar-refractivity contribution in [2.45, 2.75) is 57.7 Å². The lowest BCUT2D eigenvalue weighted by Crippen LogP contribution is -2.46. The largest absolute Gasteiger partial charge is 0.396 e. The number of anilines is 1. The van der Waals surface area contributed by atoms with Crippen LogP contribution in [-0.4, -0.2) is 16.6 Å². The number of aliphatic hydroxyl groups is 1. The van der Waals surface area contributed by atoms with Crippen molar-refractivity contribution in [3.05, 3.63) is 66.5 Å². The molecule has 0 unspecified atom stereocenters. The Morgan fingerprint density at radius 1 is 1.00 bits per heavy atom. The first kappa shape index (κ1) is 21.7. The minimum Gasteiger partial charge on any atom is -0.353 e. The molecule has 1 aromatic heterocycles. The predicted molar refractivity (Wildman–Crippen MR) is 123 cm³/mol. The van der Waals surface area contributed by atoms with E-state index >= 15 is 0 Å². The molecule has 3 aromatic rings. The van der Waals surface area contributed by atoms with E-state index in [1.807, 2.05) is 36.7 Å². The molecule has 5 heteroatoms. The second kappa shape index (κ2) is 9.68. The average Bonchev–Trinajstić information content (AvgIpc) is 3.02. The predicted octanol–water partition coefficient (Wildman–Crippen LogP) is 5.13. The van der Waals surface area contributed by atoms with Crippen molar-refractivity contribution in [2.75, 3.05) is 11.4 Å². The van der Waals surface area contributed by atoms with Gasteiger partial charge in [-0.15, -0.1) is 17.0 Å². The number of halogens is 1. The monoisotopic (exact) mass is 456 g/mol. The zero-order valence-corrected chi connectivity index (χ0v) is 18.8. The lowest BCUT2D eigenvalue weighted by atomic mass is 9.95. The highest BCUT2D eigenvalue weighted by atomic mass is 79.9. The molecule has 1 N–H and O–H groups in total. The SMILES string of the molecule is Br.CCCCCCCCN1c2nccc[n+]2C[C@@]1(O)c1cccc2ccccc12. The minimum absolute atomic E-state index is 0. The summed E-state index contributed by atoms with van der Waals surface area (Å²) in [5, 5.41) is 14.2. The van der Waals surface area contributed by atoms with E-state index in [2.05, 4.69) is 45.6 Å². The van der Waals surface area contributed by atoms with Crippen LogP contribution >= 0.6 is 17.0 Å². The molecule has 4 nitrogen and oxygen atoms in total. The van der Waals surface area contributed by atoms with Crippen LogP contribution in [0.3, 0.4) is 0 Å². The Hall–Kier alpha value is -1.98. The molecular weight excluding hydrogens is 426 g/mol. The van der Waals surface area contributed by atoms with E-state index in [1.54, 1.807) is 0 Å². The van der Waals surface area contributed by atoms with Gasteiger partial charge in [-0.1, -0.05) is 86.5 Å². The molecule has 2 aromatic carbocycles. The summed E-state index contributed by atoms with van der Waals surface area (Å²) in [6.45, 7) is 3.55. The van der Waals surface area contributed by atoms with Crippen LogP contribution in [0.2, 0.25) is 0 Å². The Morgan fingerprint density at radius 2 is 1.76 bits per heavy atom.